The van der Waals surface area contributed by atoms with Gasteiger partial charge in [-0.05, 0) is 0 Å². The Balaban J connectivity index is 3.69. The van der Waals surface area contributed by atoms with Crippen molar-refractivity contribution in [3.63, 3.8) is 0 Å². The Bertz CT molecular complexity index is 233. The zero-order valence-electron chi connectivity index (χ0n) is 7.75. The first-order valence-electron chi connectivity index (χ1n) is 3.60. The Kier molecular flexibility index (Phi) is 2.92. The van der Waals surface area contributed by atoms with E-state index in [1.807, 2.05) is 0 Å². The van der Waals surface area contributed by atoms with Crippen LogP contribution in [0.25, 0.3) is 0 Å². The average molecular weight is 158 g/mol. The fourth-order valence-electron chi connectivity index (χ4n) is 0.239. The molecule has 0 aliphatic carbocycles. The molecule has 0 unspecified atom stereocenters. The van der Waals surface area contributed by atoms with Crippen molar-refractivity contribution >= 4 is 11.9 Å². The van der Waals surface area contributed by atoms with Crippen LogP contribution in [-0.2, 0) is 19.1 Å². The zero-order chi connectivity index (χ0) is 10.4. The minimum Gasteiger partial charge on any atom is -0.425 e. The largest absolute Gasteiger partial charge is 0.425 e. The van der Waals surface area contributed by atoms with E-state index in [9.17, 15) is 9.59 Å². The Labute approximate surface area is 66.9 Å². The van der Waals surface area contributed by atoms with Crippen LogP contribution in [0.1, 0.15) is 2.74 Å². The molecule has 11 heavy (non-hydrogen) atoms. The monoisotopic (exact) mass is 158 g/mol. The lowest BCUT2D eigenvalue weighted by atomic mass is 10.7. The second kappa shape index (κ2) is 5.22. The van der Waals surface area contributed by atoms with E-state index in [-0.39, 0.29) is 0 Å². The minimum atomic E-state index is -0.983. The van der Waals surface area contributed by atoms with Gasteiger partial charge in [0.25, 0.3) is 0 Å². The van der Waals surface area contributed by atoms with Crippen molar-refractivity contribution < 1.29 is 21.8 Å². The van der Waals surface area contributed by atoms with Crippen molar-refractivity contribution in [2.75, 3.05) is 6.79 Å². The van der Waals surface area contributed by atoms with Crippen molar-refractivity contribution in [1.29, 1.82) is 0 Å². The molecular weight excluding hydrogens is 148 g/mol. The van der Waals surface area contributed by atoms with Gasteiger partial charge in [-0.15, -0.1) is 0 Å². The molecule has 0 rings (SSSR count). The normalized spacial score (nSPS) is 10.5. The van der Waals surface area contributed by atoms with Gasteiger partial charge in [0.1, 0.15) is 0 Å². The van der Waals surface area contributed by atoms with Gasteiger partial charge in [0, 0.05) is 12.1 Å². The molecular formula is C7H8O4. The van der Waals surface area contributed by atoms with Gasteiger partial charge in [-0.3, -0.25) is 0 Å². The summed E-state index contributed by atoms with van der Waals surface area (Å²) < 4.78 is 21.8. The molecule has 0 spiro atoms. The molecule has 0 atom stereocenters. The van der Waals surface area contributed by atoms with Crippen LogP contribution < -0.4 is 0 Å². The van der Waals surface area contributed by atoms with Gasteiger partial charge < -0.3 is 9.47 Å². The van der Waals surface area contributed by atoms with Gasteiger partial charge in [-0.25, -0.2) is 9.59 Å². The van der Waals surface area contributed by atoms with E-state index in [1.54, 1.807) is 0 Å². The Morgan fingerprint density at radius 1 is 1.27 bits per heavy atom. The summed E-state index contributed by atoms with van der Waals surface area (Å²) >= 11 is 0. The van der Waals surface area contributed by atoms with Crippen LogP contribution in [0, 0.1) is 0 Å². The highest BCUT2D eigenvalue weighted by Crippen LogP contribution is 1.83. The summed E-state index contributed by atoms with van der Waals surface area (Å²) in [5.74, 6) is -1.97. The Morgan fingerprint density at radius 3 is 1.91 bits per heavy atom. The maximum absolute atomic E-state index is 10.5. The fraction of sp³-hybridized carbons (Fsp3) is 0.143. The van der Waals surface area contributed by atoms with Crippen molar-refractivity contribution in [2.45, 2.75) is 0 Å². The van der Waals surface area contributed by atoms with Crippen LogP contribution in [0.5, 0.6) is 0 Å². The van der Waals surface area contributed by atoms with Crippen molar-refractivity contribution in [3.05, 3.63) is 25.3 Å². The standard InChI is InChI=1S/C7H8O4/c1-3-6(8)10-5-11-7(9)4-2/h3-4H,1-2,5H2/i3D,4D. The molecule has 0 aromatic rings. The van der Waals surface area contributed by atoms with Crippen LogP contribution in [0.15, 0.2) is 25.3 Å². The van der Waals surface area contributed by atoms with Crippen LogP contribution >= 0.6 is 0 Å². The van der Waals surface area contributed by atoms with Crippen molar-refractivity contribution in [2.24, 2.45) is 0 Å². The molecule has 0 aromatic carbocycles. The second-order valence-electron chi connectivity index (χ2n) is 1.33. The lowest BCUT2D eigenvalue weighted by molar-refractivity contribution is -0.160. The predicted octanol–water partition coefficient (Wildman–Crippen LogP) is 0.402. The number of esters is 2. The van der Waals surface area contributed by atoms with Gasteiger partial charge in [0.15, 0.2) is 0 Å². The molecule has 60 valence electrons. The molecule has 0 amide bonds. The predicted molar refractivity (Wildman–Crippen MR) is 37.4 cm³/mol. The minimum absolute atomic E-state index is 0.541. The Hall–Kier alpha value is -1.58. The summed E-state index contributed by atoms with van der Waals surface area (Å²) in [5.41, 5.74) is 0. The van der Waals surface area contributed by atoms with Crippen LogP contribution in [0.4, 0.5) is 0 Å². The SMILES string of the molecule is [2H]C(=C)C(=O)OCOC(=O)C([2H])=C. The highest BCUT2D eigenvalue weighted by molar-refractivity contribution is 5.82. The molecule has 0 radical (unpaired) electrons. The van der Waals surface area contributed by atoms with Crippen LogP contribution in [0.2, 0.25) is 0 Å². The van der Waals surface area contributed by atoms with E-state index in [4.69, 9.17) is 2.74 Å². The summed E-state index contributed by atoms with van der Waals surface area (Å²) in [6.07, 6.45) is 0. The quantitative estimate of drug-likeness (QED) is 0.337. The highest BCUT2D eigenvalue weighted by atomic mass is 16.7. The molecule has 0 heterocycles. The summed E-state index contributed by atoms with van der Waals surface area (Å²) in [4.78, 5) is 21.0. The number of hydrogen-bond acceptors (Lipinski definition) is 4. The maximum atomic E-state index is 10.5. The molecule has 0 aromatic heterocycles. The molecule has 0 saturated carbocycles. The number of carbonyl (C=O) groups is 2. The second-order valence-corrected chi connectivity index (χ2v) is 1.33. The van der Waals surface area contributed by atoms with E-state index in [1.165, 1.54) is 0 Å². The third-order valence-electron chi connectivity index (χ3n) is 0.669. The van der Waals surface area contributed by atoms with E-state index >= 15 is 0 Å². The van der Waals surface area contributed by atoms with Gasteiger partial charge in [-0.2, -0.15) is 0 Å². The van der Waals surface area contributed by atoms with Gasteiger partial charge in [0.2, 0.25) is 6.79 Å². The highest BCUT2D eigenvalue weighted by Gasteiger charge is 1.97. The molecule has 0 fully saturated rings. The summed E-state index contributed by atoms with van der Waals surface area (Å²) in [6.45, 7) is 5.32. The average Bonchev–Trinajstić information content (AvgIpc) is 2.03. The number of hydrogen-bond donors (Lipinski definition) is 0. The molecule has 0 N–H and O–H groups in total. The lowest BCUT2D eigenvalue weighted by Crippen LogP contribution is -2.08. The third kappa shape index (κ3) is 4.90. The topological polar surface area (TPSA) is 52.6 Å². The van der Waals surface area contributed by atoms with Gasteiger partial charge in [0.05, 0.1) is 2.74 Å². The molecule has 4 heteroatoms. The summed E-state index contributed by atoms with van der Waals surface area (Å²) in [6, 6.07) is -1.08. The molecule has 0 saturated heterocycles. The van der Waals surface area contributed by atoms with Crippen LogP contribution in [-0.4, -0.2) is 18.7 Å². The van der Waals surface area contributed by atoms with Gasteiger partial charge in [-0.1, -0.05) is 13.2 Å². The van der Waals surface area contributed by atoms with E-state index in [0.29, 0.717) is 0 Å². The van der Waals surface area contributed by atoms with Crippen LogP contribution in [0.3, 0.4) is 0 Å². The van der Waals surface area contributed by atoms with E-state index in [0.717, 1.165) is 0 Å². The number of rotatable bonds is 4. The molecule has 0 aliphatic heterocycles. The lowest BCUT2D eigenvalue weighted by Gasteiger charge is -2.00. The first-order chi connectivity index (χ1) is 5.95. The first kappa shape index (κ1) is 6.15. The smallest absolute Gasteiger partial charge is 0.333 e. The van der Waals surface area contributed by atoms with Gasteiger partial charge >= 0.3 is 11.9 Å². The number of ether oxygens (including phenoxy) is 2. The molecule has 0 aliphatic rings. The fourth-order valence-corrected chi connectivity index (χ4v) is 0.239. The zero-order valence-corrected chi connectivity index (χ0v) is 5.75. The molecule has 0 bridgehead atoms. The summed E-state index contributed by atoms with van der Waals surface area (Å²) in [5, 5.41) is 0. The summed E-state index contributed by atoms with van der Waals surface area (Å²) in [7, 11) is 0. The maximum Gasteiger partial charge on any atom is 0.333 e. The first-order valence-corrected chi connectivity index (χ1v) is 2.60. The van der Waals surface area contributed by atoms with E-state index in [2.05, 4.69) is 22.6 Å². The Morgan fingerprint density at radius 2 is 1.64 bits per heavy atom. The van der Waals surface area contributed by atoms with Crippen molar-refractivity contribution in [1.82, 2.24) is 0 Å². The molecule has 4 nitrogen and oxygen atoms in total. The van der Waals surface area contributed by atoms with Crippen molar-refractivity contribution in [3.8, 4) is 0 Å². The van der Waals surface area contributed by atoms with E-state index < -0.39 is 30.8 Å². The number of carbonyl (C=O) groups excluding carboxylic acids is 2. The third-order valence-corrected chi connectivity index (χ3v) is 0.669.